The highest BCUT2D eigenvalue weighted by atomic mass is 32.1. The van der Waals surface area contributed by atoms with E-state index in [0.717, 1.165) is 0 Å². The number of carboxylic acid groups (broad SMARTS) is 1. The van der Waals surface area contributed by atoms with E-state index in [1.165, 1.54) is 17.4 Å². The van der Waals surface area contributed by atoms with E-state index >= 15 is 8.78 Å². The largest absolute Gasteiger partial charge is 0.481 e. The number of aliphatic carboxylic acids is 1. The summed E-state index contributed by atoms with van der Waals surface area (Å²) >= 11 is 1.32. The van der Waals surface area contributed by atoms with E-state index in [-0.39, 0.29) is 25.3 Å². The van der Waals surface area contributed by atoms with Gasteiger partial charge in [-0.1, -0.05) is 12.1 Å². The predicted octanol–water partition coefficient (Wildman–Crippen LogP) is 3.76. The minimum absolute atomic E-state index is 0.0297. The van der Waals surface area contributed by atoms with Gasteiger partial charge in [-0.3, -0.25) is 19.6 Å². The monoisotopic (exact) mass is 603 g/mol. The number of rotatable bonds is 9. The third-order valence-electron chi connectivity index (χ3n) is 8.82. The molecule has 0 spiro atoms. The maximum atomic E-state index is 15.6. The van der Waals surface area contributed by atoms with Gasteiger partial charge in [0, 0.05) is 43.0 Å². The van der Waals surface area contributed by atoms with Gasteiger partial charge < -0.3 is 15.2 Å². The summed E-state index contributed by atoms with van der Waals surface area (Å²) in [5.74, 6) is -4.78. The molecule has 9 nitrogen and oxygen atoms in total. The zero-order valence-corrected chi connectivity index (χ0v) is 24.1. The topological polar surface area (TPSA) is 107 Å². The summed E-state index contributed by atoms with van der Waals surface area (Å²) in [5, 5.41) is 15.2. The molecule has 2 saturated heterocycles. The lowest BCUT2D eigenvalue weighted by Gasteiger charge is -2.31. The summed E-state index contributed by atoms with van der Waals surface area (Å²) < 4.78 is 51.4. The number of likely N-dealkylation sites (tertiary alicyclic amines) is 2. The number of halogens is 3. The quantitative estimate of drug-likeness (QED) is 0.418. The molecule has 3 fully saturated rings. The first-order valence-electron chi connectivity index (χ1n) is 14.0. The van der Waals surface area contributed by atoms with Gasteiger partial charge in [0.25, 0.3) is 5.92 Å². The fourth-order valence-electron chi connectivity index (χ4n) is 6.55. The van der Waals surface area contributed by atoms with Gasteiger partial charge in [-0.2, -0.15) is 0 Å². The molecule has 1 aliphatic carbocycles. The Labute approximate surface area is 245 Å². The zero-order valence-electron chi connectivity index (χ0n) is 23.3. The molecule has 6 rings (SSSR count). The van der Waals surface area contributed by atoms with Crippen molar-refractivity contribution in [2.45, 2.75) is 57.2 Å². The Balaban J connectivity index is 1.37. The second kappa shape index (κ2) is 10.8. The molecule has 4 aliphatic rings. The number of amidine groups is 1. The smallest absolute Gasteiger partial charge is 0.338 e. The standard InChI is InChI=1S/C29H32F3N5O4S/c1-3-41-26(38)21-19(34-24(25-33-10-12-42-25)35-22(21)17-5-4-6-18(30)16(17)2)13-37-15-29(31,32)23-20(37)7-11-36(23)14-28(8-9-28)27(39)40/h4-6,10,12,20,22-23H,3,7-9,11,13-15H2,1-2H3,(H,34,35)(H,39,40)/t20-,22-,23+/m0/s1. The van der Waals surface area contributed by atoms with Crippen LogP contribution in [0.1, 0.15) is 48.4 Å². The van der Waals surface area contributed by atoms with Crippen LogP contribution in [-0.4, -0.2) is 88.5 Å². The second-order valence-electron chi connectivity index (χ2n) is 11.4. The molecule has 2 aromatic rings. The SMILES string of the molecule is CCOC(=O)C1=C(CN2CC(F)(F)[C@H]3[C@@H]2CCN3CC2(C(=O)O)CC2)NC(c2nccs2)=N[C@H]1c1cccc(F)c1C. The number of esters is 1. The number of hydrogen-bond donors (Lipinski definition) is 2. The van der Waals surface area contributed by atoms with Crippen LogP contribution in [-0.2, 0) is 14.3 Å². The first kappa shape index (κ1) is 28.8. The molecule has 42 heavy (non-hydrogen) atoms. The zero-order chi connectivity index (χ0) is 29.8. The maximum absolute atomic E-state index is 15.6. The third-order valence-corrected chi connectivity index (χ3v) is 9.60. The normalized spacial score (nSPS) is 26.5. The van der Waals surface area contributed by atoms with Gasteiger partial charge in [-0.05, 0) is 50.3 Å². The van der Waals surface area contributed by atoms with E-state index < -0.39 is 53.8 Å². The Bertz CT molecular complexity index is 1460. The van der Waals surface area contributed by atoms with E-state index in [9.17, 15) is 19.1 Å². The minimum atomic E-state index is -3.08. The second-order valence-corrected chi connectivity index (χ2v) is 12.3. The number of carboxylic acids is 1. The van der Waals surface area contributed by atoms with Gasteiger partial charge >= 0.3 is 11.9 Å². The molecule has 2 N–H and O–H groups in total. The van der Waals surface area contributed by atoms with Gasteiger partial charge in [-0.15, -0.1) is 11.3 Å². The van der Waals surface area contributed by atoms with Crippen molar-refractivity contribution in [1.82, 2.24) is 20.1 Å². The van der Waals surface area contributed by atoms with Crippen LogP contribution in [0.4, 0.5) is 13.2 Å². The molecule has 1 aromatic carbocycles. The van der Waals surface area contributed by atoms with Crippen LogP contribution < -0.4 is 5.32 Å². The fourth-order valence-corrected chi connectivity index (χ4v) is 7.14. The van der Waals surface area contributed by atoms with Crippen molar-refractivity contribution in [3.8, 4) is 0 Å². The van der Waals surface area contributed by atoms with Crippen LogP contribution in [0.25, 0.3) is 0 Å². The van der Waals surface area contributed by atoms with Crippen molar-refractivity contribution in [2.24, 2.45) is 10.4 Å². The molecule has 0 bridgehead atoms. The first-order chi connectivity index (χ1) is 20.0. The Hall–Kier alpha value is -3.29. The van der Waals surface area contributed by atoms with E-state index in [1.54, 1.807) is 47.4 Å². The number of benzene rings is 1. The highest BCUT2D eigenvalue weighted by molar-refractivity contribution is 7.11. The van der Waals surface area contributed by atoms with Crippen LogP contribution in [0.2, 0.25) is 0 Å². The van der Waals surface area contributed by atoms with Crippen molar-refractivity contribution in [2.75, 3.05) is 32.8 Å². The Morgan fingerprint density at radius 1 is 1.26 bits per heavy atom. The average Bonchev–Trinajstić information content (AvgIpc) is 3.25. The lowest BCUT2D eigenvalue weighted by molar-refractivity contribution is -0.145. The molecule has 3 atom stereocenters. The number of carbonyl (C=O) groups excluding carboxylic acids is 1. The van der Waals surface area contributed by atoms with Gasteiger partial charge in [0.05, 0.1) is 30.2 Å². The lowest BCUT2D eigenvalue weighted by Crippen LogP contribution is -2.48. The van der Waals surface area contributed by atoms with Crippen LogP contribution >= 0.6 is 11.3 Å². The fraction of sp³-hybridized carbons (Fsp3) is 0.517. The lowest BCUT2D eigenvalue weighted by atomic mass is 9.92. The van der Waals surface area contributed by atoms with Gasteiger partial charge in [0.1, 0.15) is 11.9 Å². The summed E-state index contributed by atoms with van der Waals surface area (Å²) in [6.07, 6.45) is 3.03. The number of aromatic nitrogens is 1. The van der Waals surface area contributed by atoms with E-state index in [1.807, 2.05) is 0 Å². The number of thiazole rings is 1. The molecule has 0 radical (unpaired) electrons. The number of fused-ring (bicyclic) bond motifs is 1. The van der Waals surface area contributed by atoms with E-state index in [0.29, 0.717) is 53.5 Å². The Morgan fingerprint density at radius 2 is 2.05 bits per heavy atom. The number of nitrogens with one attached hydrogen (secondary N) is 1. The van der Waals surface area contributed by atoms with Crippen LogP contribution in [0, 0.1) is 18.2 Å². The van der Waals surface area contributed by atoms with E-state index in [2.05, 4.69) is 10.3 Å². The molecule has 3 aliphatic heterocycles. The summed E-state index contributed by atoms with van der Waals surface area (Å²) in [4.78, 5) is 37.7. The van der Waals surface area contributed by atoms with Gasteiger partial charge in [0.15, 0.2) is 10.8 Å². The third kappa shape index (κ3) is 5.01. The van der Waals surface area contributed by atoms with Gasteiger partial charge in [-0.25, -0.2) is 22.9 Å². The summed E-state index contributed by atoms with van der Waals surface area (Å²) in [5.41, 5.74) is 0.320. The molecule has 0 unspecified atom stereocenters. The number of nitrogens with zero attached hydrogens (tertiary/aromatic N) is 4. The number of carbonyl (C=O) groups is 2. The molecular weight excluding hydrogens is 571 g/mol. The van der Waals surface area contributed by atoms with Gasteiger partial charge in [0.2, 0.25) is 0 Å². The molecule has 4 heterocycles. The number of ether oxygens (including phenoxy) is 1. The molecule has 1 saturated carbocycles. The maximum Gasteiger partial charge on any atom is 0.338 e. The Kier molecular flexibility index (Phi) is 7.38. The van der Waals surface area contributed by atoms with Crippen molar-refractivity contribution in [1.29, 1.82) is 0 Å². The molecule has 224 valence electrons. The number of aliphatic imine (C=N–C) groups is 1. The predicted molar refractivity (Wildman–Crippen MR) is 149 cm³/mol. The summed E-state index contributed by atoms with van der Waals surface area (Å²) in [6.45, 7) is 3.25. The summed E-state index contributed by atoms with van der Waals surface area (Å²) in [6, 6.07) is 1.95. The van der Waals surface area contributed by atoms with Crippen molar-refractivity contribution in [3.63, 3.8) is 0 Å². The highest BCUT2D eigenvalue weighted by Gasteiger charge is 2.62. The minimum Gasteiger partial charge on any atom is -0.481 e. The van der Waals surface area contributed by atoms with Crippen molar-refractivity contribution >= 4 is 29.1 Å². The van der Waals surface area contributed by atoms with Crippen LogP contribution in [0.15, 0.2) is 46.0 Å². The van der Waals surface area contributed by atoms with E-state index in [4.69, 9.17) is 9.73 Å². The van der Waals surface area contributed by atoms with Crippen molar-refractivity contribution in [3.05, 3.63) is 63.0 Å². The average molecular weight is 604 g/mol. The molecule has 13 heteroatoms. The number of alkyl halides is 2. The molecule has 1 aromatic heterocycles. The van der Waals surface area contributed by atoms with Crippen LogP contribution in [0.5, 0.6) is 0 Å². The highest BCUT2D eigenvalue weighted by Crippen LogP contribution is 2.50. The van der Waals surface area contributed by atoms with Crippen molar-refractivity contribution < 1.29 is 32.6 Å². The van der Waals surface area contributed by atoms with Crippen LogP contribution in [0.3, 0.4) is 0 Å². The Morgan fingerprint density at radius 3 is 2.71 bits per heavy atom. The molecular formula is C29H32F3N5O4S. The summed E-state index contributed by atoms with van der Waals surface area (Å²) in [7, 11) is 0. The molecule has 0 amide bonds. The first-order valence-corrected chi connectivity index (χ1v) is 14.9. The number of hydrogen-bond acceptors (Lipinski definition) is 9.